The Morgan fingerprint density at radius 2 is 1.82 bits per heavy atom. The zero-order valence-electron chi connectivity index (χ0n) is 11.0. The Labute approximate surface area is 106 Å². The Hall–Kier alpha value is -0.820. The molecule has 1 N–H and O–H groups in total. The van der Waals surface area contributed by atoms with Crippen LogP contribution in [0.5, 0.6) is 0 Å². The van der Waals surface area contributed by atoms with Crippen LogP contribution in [0.3, 0.4) is 0 Å². The van der Waals surface area contributed by atoms with Crippen molar-refractivity contribution in [1.29, 1.82) is 0 Å². The molecule has 0 spiro atoms. The first-order valence-corrected chi connectivity index (χ1v) is 7.23. The van der Waals surface area contributed by atoms with Gasteiger partial charge in [0, 0.05) is 12.6 Å². The van der Waals surface area contributed by atoms with Crippen molar-refractivity contribution in [3.63, 3.8) is 0 Å². The molecule has 1 aliphatic heterocycles. The molecule has 0 amide bonds. The normalized spacial score (nSPS) is 18.3. The maximum absolute atomic E-state index is 3.62. The summed E-state index contributed by atoms with van der Waals surface area (Å²) in [6.45, 7) is 3.34. The van der Waals surface area contributed by atoms with Crippen LogP contribution in [0.1, 0.15) is 69.0 Å². The Kier molecular flexibility index (Phi) is 5.06. The predicted octanol–water partition coefficient (Wildman–Crippen LogP) is 4.58. The summed E-state index contributed by atoms with van der Waals surface area (Å²) in [5.74, 6) is 0. The minimum atomic E-state index is 0.623. The number of fused-ring (bicyclic) bond motifs is 1. The number of nitrogens with one attached hydrogen (secondary N) is 1. The van der Waals surface area contributed by atoms with Crippen molar-refractivity contribution < 1.29 is 0 Å². The molecule has 1 atom stereocenters. The van der Waals surface area contributed by atoms with E-state index in [9.17, 15) is 0 Å². The largest absolute Gasteiger partial charge is 0.306 e. The van der Waals surface area contributed by atoms with Crippen molar-refractivity contribution in [1.82, 2.24) is 5.32 Å². The summed E-state index contributed by atoms with van der Waals surface area (Å²) in [6.07, 6.45) is 9.68. The third-order valence-corrected chi connectivity index (χ3v) is 3.82. The molecule has 0 aromatic heterocycles. The molecule has 1 nitrogen and oxygen atoms in total. The van der Waals surface area contributed by atoms with E-state index in [0.29, 0.717) is 6.04 Å². The SMILES string of the molecule is CCCCCCCCC1NCc2ccccc21. The second kappa shape index (κ2) is 6.80. The van der Waals surface area contributed by atoms with Gasteiger partial charge < -0.3 is 5.32 Å². The molecule has 0 fully saturated rings. The zero-order valence-corrected chi connectivity index (χ0v) is 11.0. The van der Waals surface area contributed by atoms with E-state index in [1.165, 1.54) is 50.5 Å². The fourth-order valence-electron chi connectivity index (χ4n) is 2.76. The summed E-state index contributed by atoms with van der Waals surface area (Å²) in [6, 6.07) is 9.48. The molecule has 0 radical (unpaired) electrons. The van der Waals surface area contributed by atoms with E-state index in [1.54, 1.807) is 5.56 Å². The van der Waals surface area contributed by atoms with Gasteiger partial charge in [-0.3, -0.25) is 0 Å². The lowest BCUT2D eigenvalue weighted by Gasteiger charge is -2.11. The highest BCUT2D eigenvalue weighted by atomic mass is 14.9. The number of benzene rings is 1. The summed E-state index contributed by atoms with van der Waals surface area (Å²) >= 11 is 0. The summed E-state index contributed by atoms with van der Waals surface area (Å²) in [7, 11) is 0. The van der Waals surface area contributed by atoms with Gasteiger partial charge in [0.15, 0.2) is 0 Å². The van der Waals surface area contributed by atoms with E-state index < -0.39 is 0 Å². The summed E-state index contributed by atoms with van der Waals surface area (Å²) in [5.41, 5.74) is 3.05. The molecule has 0 bridgehead atoms. The van der Waals surface area contributed by atoms with Crippen molar-refractivity contribution in [2.75, 3.05) is 0 Å². The average Bonchev–Trinajstić information content (AvgIpc) is 2.77. The van der Waals surface area contributed by atoms with Crippen LogP contribution in [0.25, 0.3) is 0 Å². The molecule has 1 aliphatic rings. The van der Waals surface area contributed by atoms with Crippen molar-refractivity contribution in [3.05, 3.63) is 35.4 Å². The molecule has 0 aliphatic carbocycles. The third kappa shape index (κ3) is 3.57. The fourth-order valence-corrected chi connectivity index (χ4v) is 2.76. The second-order valence-electron chi connectivity index (χ2n) is 5.19. The van der Waals surface area contributed by atoms with E-state index >= 15 is 0 Å². The smallest absolute Gasteiger partial charge is 0.0326 e. The quantitative estimate of drug-likeness (QED) is 0.677. The van der Waals surface area contributed by atoms with Crippen molar-refractivity contribution in [2.24, 2.45) is 0 Å². The van der Waals surface area contributed by atoms with Gasteiger partial charge in [-0.2, -0.15) is 0 Å². The Morgan fingerprint density at radius 3 is 2.71 bits per heavy atom. The number of unbranched alkanes of at least 4 members (excludes halogenated alkanes) is 5. The van der Waals surface area contributed by atoms with Crippen LogP contribution < -0.4 is 5.32 Å². The van der Waals surface area contributed by atoms with Crippen molar-refractivity contribution >= 4 is 0 Å². The summed E-state index contributed by atoms with van der Waals surface area (Å²) < 4.78 is 0. The van der Waals surface area contributed by atoms with Gasteiger partial charge >= 0.3 is 0 Å². The van der Waals surface area contributed by atoms with Gasteiger partial charge in [0.1, 0.15) is 0 Å². The van der Waals surface area contributed by atoms with Gasteiger partial charge in [0.2, 0.25) is 0 Å². The maximum atomic E-state index is 3.62. The standard InChI is InChI=1S/C16H25N/c1-2-3-4-5-6-7-12-16-15-11-9-8-10-14(15)13-17-16/h8-11,16-17H,2-7,12-13H2,1H3. The summed E-state index contributed by atoms with van der Waals surface area (Å²) in [4.78, 5) is 0. The molecule has 1 aromatic carbocycles. The monoisotopic (exact) mass is 231 g/mol. The molecular formula is C16H25N. The number of hydrogen-bond acceptors (Lipinski definition) is 1. The third-order valence-electron chi connectivity index (χ3n) is 3.82. The van der Waals surface area contributed by atoms with Crippen LogP contribution >= 0.6 is 0 Å². The van der Waals surface area contributed by atoms with Gasteiger partial charge in [0.25, 0.3) is 0 Å². The minimum absolute atomic E-state index is 0.623. The van der Waals surface area contributed by atoms with E-state index in [4.69, 9.17) is 0 Å². The predicted molar refractivity (Wildman–Crippen MR) is 74.0 cm³/mol. The summed E-state index contributed by atoms with van der Waals surface area (Å²) in [5, 5.41) is 3.62. The lowest BCUT2D eigenvalue weighted by Crippen LogP contribution is -2.11. The van der Waals surface area contributed by atoms with Gasteiger partial charge in [-0.05, 0) is 17.5 Å². The topological polar surface area (TPSA) is 12.0 Å². The number of rotatable bonds is 7. The highest BCUT2D eigenvalue weighted by molar-refractivity contribution is 5.33. The van der Waals surface area contributed by atoms with Crippen LogP contribution in [0.2, 0.25) is 0 Å². The first-order valence-electron chi connectivity index (χ1n) is 7.23. The van der Waals surface area contributed by atoms with E-state index in [0.717, 1.165) is 6.54 Å². The van der Waals surface area contributed by atoms with Gasteiger partial charge in [-0.25, -0.2) is 0 Å². The molecule has 1 aromatic rings. The van der Waals surface area contributed by atoms with Crippen LogP contribution in [0, 0.1) is 0 Å². The maximum Gasteiger partial charge on any atom is 0.0326 e. The molecule has 17 heavy (non-hydrogen) atoms. The Balaban J connectivity index is 1.68. The first-order chi connectivity index (χ1) is 8.42. The zero-order chi connectivity index (χ0) is 11.9. The van der Waals surface area contributed by atoms with E-state index in [2.05, 4.69) is 36.5 Å². The average molecular weight is 231 g/mol. The molecule has 2 rings (SSSR count). The lowest BCUT2D eigenvalue weighted by atomic mass is 9.99. The Bertz CT molecular complexity index is 332. The second-order valence-corrected chi connectivity index (χ2v) is 5.19. The molecule has 1 unspecified atom stereocenters. The Morgan fingerprint density at radius 1 is 1.06 bits per heavy atom. The molecule has 0 saturated heterocycles. The first kappa shape index (κ1) is 12.6. The molecule has 0 saturated carbocycles. The molecule has 94 valence electrons. The van der Waals surface area contributed by atoms with Crippen LogP contribution in [-0.4, -0.2) is 0 Å². The van der Waals surface area contributed by atoms with Crippen LogP contribution in [0.4, 0.5) is 0 Å². The molecular weight excluding hydrogens is 206 g/mol. The van der Waals surface area contributed by atoms with Crippen LogP contribution in [0.15, 0.2) is 24.3 Å². The molecule has 1 heterocycles. The van der Waals surface area contributed by atoms with E-state index in [-0.39, 0.29) is 0 Å². The molecule has 1 heteroatoms. The van der Waals surface area contributed by atoms with Crippen molar-refractivity contribution in [2.45, 2.75) is 64.5 Å². The highest BCUT2D eigenvalue weighted by Gasteiger charge is 2.19. The fraction of sp³-hybridized carbons (Fsp3) is 0.625. The number of hydrogen-bond donors (Lipinski definition) is 1. The van der Waals surface area contributed by atoms with Gasteiger partial charge in [0.05, 0.1) is 0 Å². The van der Waals surface area contributed by atoms with Gasteiger partial charge in [-0.1, -0.05) is 69.7 Å². The lowest BCUT2D eigenvalue weighted by molar-refractivity contribution is 0.495. The van der Waals surface area contributed by atoms with Gasteiger partial charge in [-0.15, -0.1) is 0 Å². The van der Waals surface area contributed by atoms with Crippen LogP contribution in [-0.2, 0) is 6.54 Å². The van der Waals surface area contributed by atoms with Crippen molar-refractivity contribution in [3.8, 4) is 0 Å². The van der Waals surface area contributed by atoms with E-state index in [1.807, 2.05) is 0 Å². The highest BCUT2D eigenvalue weighted by Crippen LogP contribution is 2.28. The minimum Gasteiger partial charge on any atom is -0.306 e.